The maximum atomic E-state index is 12.4. The first-order chi connectivity index (χ1) is 9.63. The lowest BCUT2D eigenvalue weighted by molar-refractivity contribution is -0.115. The SMILES string of the molecule is O=C(Nc1cc(Br)ccc1Br)C1Cc2ccccc2S1. The number of hydrogen-bond donors (Lipinski definition) is 1. The molecule has 0 saturated heterocycles. The molecule has 5 heteroatoms. The average molecular weight is 413 g/mol. The van der Waals surface area contributed by atoms with Gasteiger partial charge < -0.3 is 5.32 Å². The van der Waals surface area contributed by atoms with Gasteiger partial charge in [-0.2, -0.15) is 0 Å². The number of rotatable bonds is 2. The number of halogens is 2. The molecule has 20 heavy (non-hydrogen) atoms. The van der Waals surface area contributed by atoms with Gasteiger partial charge in [-0.15, -0.1) is 11.8 Å². The summed E-state index contributed by atoms with van der Waals surface area (Å²) in [6.07, 6.45) is 0.790. The van der Waals surface area contributed by atoms with Crippen LogP contribution in [0.15, 0.2) is 56.3 Å². The zero-order valence-corrected chi connectivity index (χ0v) is 14.4. The molecular weight excluding hydrogens is 402 g/mol. The predicted octanol–water partition coefficient (Wildman–Crippen LogP) is 4.87. The van der Waals surface area contributed by atoms with Crippen molar-refractivity contribution in [3.8, 4) is 0 Å². The number of amides is 1. The third-order valence-corrected chi connectivity index (χ3v) is 5.63. The van der Waals surface area contributed by atoms with Gasteiger partial charge in [-0.1, -0.05) is 34.1 Å². The van der Waals surface area contributed by atoms with Crippen molar-refractivity contribution in [3.63, 3.8) is 0 Å². The van der Waals surface area contributed by atoms with Crippen molar-refractivity contribution in [1.82, 2.24) is 0 Å². The zero-order valence-electron chi connectivity index (χ0n) is 10.4. The van der Waals surface area contributed by atoms with Crippen molar-refractivity contribution in [2.24, 2.45) is 0 Å². The van der Waals surface area contributed by atoms with E-state index in [0.29, 0.717) is 0 Å². The Hall–Kier alpha value is -0.780. The molecule has 1 N–H and O–H groups in total. The van der Waals surface area contributed by atoms with Gasteiger partial charge in [-0.05, 0) is 52.2 Å². The van der Waals surface area contributed by atoms with Gasteiger partial charge in [0.1, 0.15) is 0 Å². The van der Waals surface area contributed by atoms with E-state index in [1.807, 2.05) is 30.3 Å². The summed E-state index contributed by atoms with van der Waals surface area (Å²) in [6.45, 7) is 0. The van der Waals surface area contributed by atoms with E-state index < -0.39 is 0 Å². The van der Waals surface area contributed by atoms with Crippen molar-refractivity contribution in [3.05, 3.63) is 57.0 Å². The summed E-state index contributed by atoms with van der Waals surface area (Å²) in [7, 11) is 0. The maximum absolute atomic E-state index is 12.4. The number of benzene rings is 2. The lowest BCUT2D eigenvalue weighted by Gasteiger charge is -2.11. The number of hydrogen-bond acceptors (Lipinski definition) is 2. The second-order valence-electron chi connectivity index (χ2n) is 4.53. The van der Waals surface area contributed by atoms with Crippen LogP contribution in [0.1, 0.15) is 5.56 Å². The molecule has 0 radical (unpaired) electrons. The molecule has 0 bridgehead atoms. The molecule has 1 aliphatic rings. The number of thioether (sulfide) groups is 1. The average Bonchev–Trinajstić information content (AvgIpc) is 2.87. The number of anilines is 1. The minimum Gasteiger partial charge on any atom is -0.324 e. The van der Waals surface area contributed by atoms with Gasteiger partial charge in [-0.25, -0.2) is 0 Å². The molecule has 0 spiro atoms. The molecule has 0 aliphatic carbocycles. The van der Waals surface area contributed by atoms with Crippen LogP contribution in [0, 0.1) is 0 Å². The summed E-state index contributed by atoms with van der Waals surface area (Å²) in [5, 5.41) is 2.93. The molecule has 3 rings (SSSR count). The minimum absolute atomic E-state index is 0.0463. The monoisotopic (exact) mass is 411 g/mol. The molecule has 2 aromatic rings. The summed E-state index contributed by atoms with van der Waals surface area (Å²) in [6, 6.07) is 13.9. The van der Waals surface area contributed by atoms with Crippen LogP contribution in [-0.2, 0) is 11.2 Å². The van der Waals surface area contributed by atoms with Gasteiger partial charge in [0.05, 0.1) is 10.9 Å². The Kier molecular flexibility index (Phi) is 4.19. The summed E-state index contributed by atoms with van der Waals surface area (Å²) >= 11 is 8.50. The van der Waals surface area contributed by atoms with Gasteiger partial charge in [-0.3, -0.25) is 4.79 Å². The molecule has 1 amide bonds. The zero-order chi connectivity index (χ0) is 14.1. The highest BCUT2D eigenvalue weighted by atomic mass is 79.9. The quantitative estimate of drug-likeness (QED) is 0.762. The molecule has 0 fully saturated rings. The van der Waals surface area contributed by atoms with Gasteiger partial charge in [0.15, 0.2) is 0 Å². The van der Waals surface area contributed by atoms with Crippen molar-refractivity contribution in [2.75, 3.05) is 5.32 Å². The Morgan fingerprint density at radius 1 is 1.20 bits per heavy atom. The number of carbonyl (C=O) groups excluding carboxylic acids is 1. The van der Waals surface area contributed by atoms with Gasteiger partial charge >= 0.3 is 0 Å². The number of fused-ring (bicyclic) bond motifs is 1. The Morgan fingerprint density at radius 2 is 2.00 bits per heavy atom. The Bertz CT molecular complexity index is 650. The molecule has 1 atom stereocenters. The standard InChI is InChI=1S/C15H11Br2NOS/c16-10-5-6-11(17)12(8-10)18-15(19)14-7-9-3-1-2-4-13(9)20-14/h1-6,8,14H,7H2,(H,18,19). The molecule has 102 valence electrons. The van der Waals surface area contributed by atoms with Crippen LogP contribution in [0.25, 0.3) is 0 Å². The topological polar surface area (TPSA) is 29.1 Å². The maximum Gasteiger partial charge on any atom is 0.238 e. The Morgan fingerprint density at radius 3 is 2.80 bits per heavy atom. The fourth-order valence-corrected chi connectivity index (χ4v) is 4.04. The van der Waals surface area contributed by atoms with Crippen LogP contribution in [0.4, 0.5) is 5.69 Å². The fraction of sp³-hybridized carbons (Fsp3) is 0.133. The van der Waals surface area contributed by atoms with E-state index in [1.165, 1.54) is 10.5 Å². The summed E-state index contributed by atoms with van der Waals surface area (Å²) < 4.78 is 1.83. The molecule has 2 nitrogen and oxygen atoms in total. The number of nitrogens with one attached hydrogen (secondary N) is 1. The second kappa shape index (κ2) is 5.92. The second-order valence-corrected chi connectivity index (χ2v) is 7.55. The minimum atomic E-state index is -0.0571. The Labute approximate surface area is 138 Å². The number of carbonyl (C=O) groups is 1. The smallest absolute Gasteiger partial charge is 0.238 e. The third-order valence-electron chi connectivity index (χ3n) is 3.13. The van der Waals surface area contributed by atoms with Crippen LogP contribution in [0.3, 0.4) is 0 Å². The van der Waals surface area contributed by atoms with Gasteiger partial charge in [0, 0.05) is 13.8 Å². The normalized spacial score (nSPS) is 16.8. The molecule has 1 unspecified atom stereocenters. The van der Waals surface area contributed by atoms with E-state index in [1.54, 1.807) is 11.8 Å². The fourth-order valence-electron chi connectivity index (χ4n) is 2.13. The molecule has 0 saturated carbocycles. The van der Waals surface area contributed by atoms with E-state index in [9.17, 15) is 4.79 Å². The van der Waals surface area contributed by atoms with Crippen molar-refractivity contribution >= 4 is 55.2 Å². The van der Waals surface area contributed by atoms with Crippen molar-refractivity contribution in [2.45, 2.75) is 16.6 Å². The molecular formula is C15H11Br2NOS. The van der Waals surface area contributed by atoms with Crippen LogP contribution < -0.4 is 5.32 Å². The molecule has 1 heterocycles. The molecule has 2 aromatic carbocycles. The van der Waals surface area contributed by atoms with E-state index >= 15 is 0 Å². The van der Waals surface area contributed by atoms with Crippen LogP contribution >= 0.6 is 43.6 Å². The van der Waals surface area contributed by atoms with E-state index in [4.69, 9.17) is 0 Å². The highest BCUT2D eigenvalue weighted by molar-refractivity contribution is 9.11. The van der Waals surface area contributed by atoms with E-state index in [-0.39, 0.29) is 11.2 Å². The largest absolute Gasteiger partial charge is 0.324 e. The lowest BCUT2D eigenvalue weighted by atomic mass is 10.1. The van der Waals surface area contributed by atoms with Crippen molar-refractivity contribution < 1.29 is 4.79 Å². The molecule has 0 aromatic heterocycles. The Balaban J connectivity index is 1.74. The van der Waals surface area contributed by atoms with Crippen LogP contribution in [-0.4, -0.2) is 11.2 Å². The lowest BCUT2D eigenvalue weighted by Crippen LogP contribution is -2.24. The van der Waals surface area contributed by atoms with Crippen LogP contribution in [0.2, 0.25) is 0 Å². The van der Waals surface area contributed by atoms with Crippen LogP contribution in [0.5, 0.6) is 0 Å². The first kappa shape index (κ1) is 14.2. The molecule has 1 aliphatic heterocycles. The van der Waals surface area contributed by atoms with E-state index in [0.717, 1.165) is 21.1 Å². The highest BCUT2D eigenvalue weighted by Crippen LogP contribution is 2.37. The first-order valence-electron chi connectivity index (χ1n) is 6.14. The summed E-state index contributed by atoms with van der Waals surface area (Å²) in [5.41, 5.74) is 2.05. The summed E-state index contributed by atoms with van der Waals surface area (Å²) in [5.74, 6) is 0.0463. The summed E-state index contributed by atoms with van der Waals surface area (Å²) in [4.78, 5) is 13.6. The predicted molar refractivity (Wildman–Crippen MR) is 90.3 cm³/mol. The third kappa shape index (κ3) is 2.95. The van der Waals surface area contributed by atoms with E-state index in [2.05, 4.69) is 49.3 Å². The van der Waals surface area contributed by atoms with Crippen molar-refractivity contribution in [1.29, 1.82) is 0 Å². The first-order valence-corrected chi connectivity index (χ1v) is 8.60. The van der Waals surface area contributed by atoms with Gasteiger partial charge in [0.25, 0.3) is 0 Å². The van der Waals surface area contributed by atoms with Gasteiger partial charge in [0.2, 0.25) is 5.91 Å². The highest BCUT2D eigenvalue weighted by Gasteiger charge is 2.28.